The van der Waals surface area contributed by atoms with Gasteiger partial charge in [0.1, 0.15) is 6.10 Å². The van der Waals surface area contributed by atoms with Crippen LogP contribution in [0, 0.1) is 28.6 Å². The lowest BCUT2D eigenvalue weighted by atomic mass is 9.38. The van der Waals surface area contributed by atoms with Crippen molar-refractivity contribution in [2.75, 3.05) is 20.3 Å². The van der Waals surface area contributed by atoms with Gasteiger partial charge in [0.25, 0.3) is 0 Å². The maximum atomic E-state index is 13.8. The number of fused-ring (bicyclic) bond motifs is 2. The monoisotopic (exact) mass is 672 g/mol. The number of ether oxygens (including phenoxy) is 6. The number of rotatable bonds is 7. The maximum Gasteiger partial charge on any atom is 0.342 e. The molecule has 5 rings (SSSR count). The van der Waals surface area contributed by atoms with Crippen LogP contribution in [0.3, 0.4) is 0 Å². The smallest absolute Gasteiger partial charge is 0.342 e. The molecule has 0 aromatic heterocycles. The molecule has 0 aromatic carbocycles. The largest absolute Gasteiger partial charge is 0.504 e. The van der Waals surface area contributed by atoms with E-state index in [2.05, 4.69) is 0 Å². The second-order valence-corrected chi connectivity index (χ2v) is 13.9. The molecule has 5 aliphatic rings. The third kappa shape index (κ3) is 4.40. The first kappa shape index (κ1) is 32.1. The van der Waals surface area contributed by atoms with Crippen LogP contribution in [0.5, 0.6) is 0 Å². The number of esters is 3. The Morgan fingerprint density at radius 1 is 1.10 bits per heavy atom. The van der Waals surface area contributed by atoms with Crippen molar-refractivity contribution in [3.05, 3.63) is 11.3 Å². The standard InChI is InChI=1S/C27H32Cl4O11/c1-5-38-15-7-13-26-9-39-27(13,24(36)37-4)19(42-23(35)21(30)31)17(41-22(34)20(28)29)18(26)25(3)8-12(32)16(33)10(2)11(25)6-14(26)40-15/h11,13-15,17-21,33H,5-9H2,1-4H3/t11-,13+,14+,15-,17+,18+,19-,25-,26+,27-/m0/s1. The molecule has 0 unspecified atom stereocenters. The predicted octanol–water partition coefficient (Wildman–Crippen LogP) is 3.57. The first-order valence-electron chi connectivity index (χ1n) is 13.6. The van der Waals surface area contributed by atoms with Gasteiger partial charge >= 0.3 is 17.9 Å². The minimum Gasteiger partial charge on any atom is -0.504 e. The highest BCUT2D eigenvalue weighted by Crippen LogP contribution is 2.73. The van der Waals surface area contributed by atoms with Crippen molar-refractivity contribution in [3.63, 3.8) is 0 Å². The summed E-state index contributed by atoms with van der Waals surface area (Å²) in [4.78, 5) is 49.8. The molecular weight excluding hydrogens is 642 g/mol. The summed E-state index contributed by atoms with van der Waals surface area (Å²) < 4.78 is 35.8. The second kappa shape index (κ2) is 11.2. The highest BCUT2D eigenvalue weighted by Gasteiger charge is 2.84. The molecular formula is C27H32Cl4O11. The Morgan fingerprint density at radius 2 is 1.74 bits per heavy atom. The molecule has 234 valence electrons. The van der Waals surface area contributed by atoms with E-state index in [9.17, 15) is 24.3 Å². The van der Waals surface area contributed by atoms with Gasteiger partial charge in [0.2, 0.25) is 15.3 Å². The average Bonchev–Trinajstić information content (AvgIpc) is 3.20. The van der Waals surface area contributed by atoms with Crippen molar-refractivity contribution in [3.8, 4) is 0 Å². The number of carbonyl (C=O) groups excluding carboxylic acids is 4. The lowest BCUT2D eigenvalue weighted by molar-refractivity contribution is -0.325. The van der Waals surface area contributed by atoms with Crippen molar-refractivity contribution < 1.29 is 52.7 Å². The zero-order valence-corrected chi connectivity index (χ0v) is 26.3. The van der Waals surface area contributed by atoms with E-state index in [1.807, 2.05) is 6.92 Å². The van der Waals surface area contributed by atoms with Crippen LogP contribution in [-0.2, 0) is 47.6 Å². The number of carbonyl (C=O) groups is 4. The van der Waals surface area contributed by atoms with E-state index < -0.39 is 92.2 Å². The Kier molecular flexibility index (Phi) is 8.57. The number of halogens is 4. The number of methoxy groups -OCH3 is 1. The van der Waals surface area contributed by atoms with Crippen molar-refractivity contribution in [1.29, 1.82) is 0 Å². The molecule has 2 heterocycles. The van der Waals surface area contributed by atoms with Crippen molar-refractivity contribution in [1.82, 2.24) is 0 Å². The topological polar surface area (TPSA) is 144 Å². The first-order valence-corrected chi connectivity index (χ1v) is 15.3. The van der Waals surface area contributed by atoms with Crippen LogP contribution in [0.4, 0.5) is 0 Å². The van der Waals surface area contributed by atoms with E-state index >= 15 is 0 Å². The fourth-order valence-electron chi connectivity index (χ4n) is 8.73. The van der Waals surface area contributed by atoms with Crippen LogP contribution in [0.2, 0.25) is 0 Å². The van der Waals surface area contributed by atoms with Gasteiger partial charge in [-0.05, 0) is 37.2 Å². The number of ketones is 1. The van der Waals surface area contributed by atoms with Crippen LogP contribution in [0.15, 0.2) is 11.3 Å². The maximum absolute atomic E-state index is 13.8. The average molecular weight is 674 g/mol. The Labute approximate surface area is 262 Å². The van der Waals surface area contributed by atoms with E-state index in [1.54, 1.807) is 13.8 Å². The molecule has 0 amide bonds. The molecule has 2 bridgehead atoms. The molecule has 0 radical (unpaired) electrons. The second-order valence-electron chi connectivity index (χ2n) is 11.7. The van der Waals surface area contributed by atoms with Crippen LogP contribution in [-0.4, -0.2) is 89.0 Å². The Bertz CT molecular complexity index is 1210. The number of hydrogen-bond donors (Lipinski definition) is 1. The minimum absolute atomic E-state index is 0.0926. The van der Waals surface area contributed by atoms with Crippen LogP contribution in [0.25, 0.3) is 0 Å². The summed E-state index contributed by atoms with van der Waals surface area (Å²) in [6, 6.07) is 0. The van der Waals surface area contributed by atoms with Crippen molar-refractivity contribution in [2.45, 2.75) is 79.9 Å². The van der Waals surface area contributed by atoms with Gasteiger partial charge < -0.3 is 33.5 Å². The van der Waals surface area contributed by atoms with Crippen LogP contribution < -0.4 is 0 Å². The summed E-state index contributed by atoms with van der Waals surface area (Å²) in [6.45, 7) is 5.52. The van der Waals surface area contributed by atoms with Gasteiger partial charge in [0.05, 0.1) is 19.8 Å². The summed E-state index contributed by atoms with van der Waals surface area (Å²) in [5, 5.41) is 10.7. The van der Waals surface area contributed by atoms with Gasteiger partial charge in [-0.1, -0.05) is 53.3 Å². The molecule has 10 atom stereocenters. The summed E-state index contributed by atoms with van der Waals surface area (Å²) in [5.41, 5.74) is -3.64. The van der Waals surface area contributed by atoms with Gasteiger partial charge in [-0.3, -0.25) is 4.79 Å². The number of aliphatic hydroxyl groups is 1. The Morgan fingerprint density at radius 3 is 2.33 bits per heavy atom. The fourth-order valence-corrected chi connectivity index (χ4v) is 8.93. The lowest BCUT2D eigenvalue weighted by Gasteiger charge is -2.68. The molecule has 42 heavy (non-hydrogen) atoms. The third-order valence-electron chi connectivity index (χ3n) is 10.1. The zero-order valence-electron chi connectivity index (χ0n) is 23.3. The van der Waals surface area contributed by atoms with Gasteiger partial charge in [-0.15, -0.1) is 0 Å². The molecule has 15 heteroatoms. The molecule has 1 spiro atoms. The fraction of sp³-hybridized carbons (Fsp3) is 0.778. The van der Waals surface area contributed by atoms with E-state index in [-0.39, 0.29) is 25.2 Å². The molecule has 2 saturated carbocycles. The summed E-state index contributed by atoms with van der Waals surface area (Å²) >= 11 is 23.6. The molecule has 4 fully saturated rings. The molecule has 1 N–H and O–H groups in total. The van der Waals surface area contributed by atoms with Gasteiger partial charge in [0.15, 0.2) is 23.9 Å². The molecule has 0 aromatic rings. The minimum atomic E-state index is -2.01. The predicted molar refractivity (Wildman–Crippen MR) is 147 cm³/mol. The summed E-state index contributed by atoms with van der Waals surface area (Å²) in [7, 11) is 1.16. The highest BCUT2D eigenvalue weighted by molar-refractivity contribution is 6.53. The van der Waals surface area contributed by atoms with E-state index in [0.717, 1.165) is 7.11 Å². The van der Waals surface area contributed by atoms with E-state index in [4.69, 9.17) is 74.8 Å². The van der Waals surface area contributed by atoms with E-state index in [0.29, 0.717) is 18.6 Å². The number of hydrogen-bond acceptors (Lipinski definition) is 11. The molecule has 2 aliphatic heterocycles. The number of aliphatic hydroxyl groups excluding tert-OH is 1. The van der Waals surface area contributed by atoms with E-state index in [1.165, 1.54) is 0 Å². The lowest BCUT2D eigenvalue weighted by Crippen LogP contribution is -2.77. The number of allylic oxidation sites excluding steroid dienone is 2. The molecule has 3 aliphatic carbocycles. The zero-order chi connectivity index (χ0) is 30.9. The SMILES string of the molecule is CCO[C@@H]1C[C@H]2[C@]3(C(=O)OC)OC[C@@]24[C@H]([C@@H](OC(=O)C(Cl)Cl)[C@@H]3OC(=O)C(Cl)Cl)[C@@]2(C)CC(=O)C(O)=C(C)[C@@H]2C[C@H]4O1. The third-order valence-corrected chi connectivity index (χ3v) is 10.8. The molecule has 2 saturated heterocycles. The van der Waals surface area contributed by atoms with Crippen LogP contribution in [0.1, 0.15) is 40.0 Å². The Hall–Kier alpha value is -1.34. The molecule has 11 nitrogen and oxygen atoms in total. The highest BCUT2D eigenvalue weighted by atomic mass is 35.5. The number of alkyl halides is 4. The van der Waals surface area contributed by atoms with Crippen molar-refractivity contribution in [2.24, 2.45) is 28.6 Å². The summed E-state index contributed by atoms with van der Waals surface area (Å²) in [5.74, 6) is -5.97. The normalized spacial score (nSPS) is 42.2. The van der Waals surface area contributed by atoms with Gasteiger partial charge in [-0.25, -0.2) is 14.4 Å². The first-order chi connectivity index (χ1) is 19.7. The van der Waals surface area contributed by atoms with Gasteiger partial charge in [0, 0.05) is 36.7 Å². The van der Waals surface area contributed by atoms with Crippen molar-refractivity contribution >= 4 is 70.1 Å². The van der Waals surface area contributed by atoms with Gasteiger partial charge in [-0.2, -0.15) is 0 Å². The Balaban J connectivity index is 1.80. The summed E-state index contributed by atoms with van der Waals surface area (Å²) in [6.07, 6.45) is -4.22. The number of Topliss-reactive ketones (excluding diaryl/α,β-unsaturated/α-hetero) is 1. The van der Waals surface area contributed by atoms with Crippen LogP contribution >= 0.6 is 46.4 Å². The quantitative estimate of drug-likeness (QED) is 0.241.